The molecule has 0 spiro atoms. The van der Waals surface area contributed by atoms with Crippen molar-refractivity contribution in [3.8, 4) is 0 Å². The van der Waals surface area contributed by atoms with Gasteiger partial charge in [-0.25, -0.2) is 0 Å². The Bertz CT molecular complexity index is 971. The van der Waals surface area contributed by atoms with Crippen LogP contribution in [0.3, 0.4) is 0 Å². The van der Waals surface area contributed by atoms with Crippen LogP contribution in [-0.4, -0.2) is 41.0 Å². The topological polar surface area (TPSA) is 22.3 Å². The summed E-state index contributed by atoms with van der Waals surface area (Å²) in [5, 5.41) is 1.39. The second kappa shape index (κ2) is 7.97. The molecule has 3 nitrogen and oxygen atoms in total. The lowest BCUT2D eigenvalue weighted by Crippen LogP contribution is -2.28. The molecule has 0 saturated carbocycles. The molecule has 0 aliphatic carbocycles. The number of benzene rings is 2. The Balaban J connectivity index is 1.09. The van der Waals surface area contributed by atoms with Crippen LogP contribution in [0.15, 0.2) is 42.6 Å². The summed E-state index contributed by atoms with van der Waals surface area (Å²) in [7, 11) is 0. The van der Waals surface area contributed by atoms with Gasteiger partial charge < -0.3 is 9.88 Å². The highest BCUT2D eigenvalue weighted by molar-refractivity contribution is 5.82. The van der Waals surface area contributed by atoms with Crippen molar-refractivity contribution in [2.24, 2.45) is 5.92 Å². The normalized spacial score (nSPS) is 20.0. The van der Waals surface area contributed by atoms with E-state index in [-0.39, 0.29) is 0 Å². The van der Waals surface area contributed by atoms with Gasteiger partial charge in [0.25, 0.3) is 0 Å². The van der Waals surface area contributed by atoms with Crippen LogP contribution in [-0.2, 0) is 19.5 Å². The molecule has 1 N–H and O–H groups in total. The van der Waals surface area contributed by atoms with Crippen LogP contribution in [0.25, 0.3) is 10.9 Å². The molecule has 29 heavy (non-hydrogen) atoms. The summed E-state index contributed by atoms with van der Waals surface area (Å²) in [5.41, 5.74) is 8.72. The lowest BCUT2D eigenvalue weighted by atomic mass is 10.0. The van der Waals surface area contributed by atoms with Crippen LogP contribution in [0.5, 0.6) is 0 Å². The Morgan fingerprint density at radius 1 is 1.00 bits per heavy atom. The third kappa shape index (κ3) is 3.99. The van der Waals surface area contributed by atoms with E-state index in [9.17, 15) is 0 Å². The predicted octanol–water partition coefficient (Wildman–Crippen LogP) is 5.06. The number of aromatic nitrogens is 1. The summed E-state index contributed by atoms with van der Waals surface area (Å²) in [6.45, 7) is 11.8. The highest BCUT2D eigenvalue weighted by Crippen LogP contribution is 2.28. The monoisotopic (exact) mass is 387 g/mol. The van der Waals surface area contributed by atoms with Crippen molar-refractivity contribution in [1.82, 2.24) is 14.8 Å². The van der Waals surface area contributed by atoms with Gasteiger partial charge in [0.05, 0.1) is 0 Å². The fraction of sp³-hybridized carbons (Fsp3) is 0.462. The van der Waals surface area contributed by atoms with Gasteiger partial charge in [0.15, 0.2) is 0 Å². The number of H-pyrrole nitrogens is 1. The fourth-order valence-corrected chi connectivity index (χ4v) is 5.36. The predicted molar refractivity (Wildman–Crippen MR) is 121 cm³/mol. The van der Waals surface area contributed by atoms with Crippen molar-refractivity contribution in [2.45, 2.75) is 46.2 Å². The Labute approximate surface area is 174 Å². The zero-order valence-electron chi connectivity index (χ0n) is 17.9. The molecule has 0 amide bonds. The van der Waals surface area contributed by atoms with Crippen molar-refractivity contribution in [3.05, 3.63) is 70.4 Å². The number of nitrogens with one attached hydrogen (secondary N) is 1. The third-order valence-electron chi connectivity index (χ3n) is 7.09. The van der Waals surface area contributed by atoms with E-state index in [1.54, 1.807) is 11.1 Å². The molecule has 3 aromatic rings. The zero-order valence-corrected chi connectivity index (χ0v) is 17.9. The van der Waals surface area contributed by atoms with E-state index in [0.717, 1.165) is 19.0 Å². The highest BCUT2D eigenvalue weighted by Gasteiger charge is 2.27. The number of aryl methyl sites for hydroxylation is 3. The summed E-state index contributed by atoms with van der Waals surface area (Å²) in [6.07, 6.45) is 5.98. The first-order valence-electron chi connectivity index (χ1n) is 11.2. The van der Waals surface area contributed by atoms with E-state index in [4.69, 9.17) is 0 Å². The van der Waals surface area contributed by atoms with E-state index >= 15 is 0 Å². The van der Waals surface area contributed by atoms with Gasteiger partial charge in [-0.05, 0) is 86.0 Å². The summed E-state index contributed by atoms with van der Waals surface area (Å²) < 4.78 is 0. The first kappa shape index (κ1) is 18.9. The van der Waals surface area contributed by atoms with Gasteiger partial charge in [0.1, 0.15) is 0 Å². The molecule has 1 fully saturated rings. The Morgan fingerprint density at radius 3 is 2.55 bits per heavy atom. The van der Waals surface area contributed by atoms with Gasteiger partial charge in [-0.1, -0.05) is 30.3 Å². The molecule has 1 atom stereocenters. The molecule has 3 heteroatoms. The first-order chi connectivity index (χ1) is 14.2. The molecule has 2 aliphatic heterocycles. The molecular formula is C26H33N3. The van der Waals surface area contributed by atoms with Gasteiger partial charge in [0, 0.05) is 43.3 Å². The molecule has 2 aliphatic rings. The zero-order chi connectivity index (χ0) is 19.8. The number of fused-ring (bicyclic) bond motifs is 2. The average molecular weight is 388 g/mol. The number of hydrogen-bond donors (Lipinski definition) is 1. The number of nitrogens with zero attached hydrogens (tertiary/aromatic N) is 2. The molecule has 1 unspecified atom stereocenters. The summed E-state index contributed by atoms with van der Waals surface area (Å²) >= 11 is 0. The third-order valence-corrected chi connectivity index (χ3v) is 7.09. The minimum Gasteiger partial charge on any atom is -0.361 e. The molecule has 0 bridgehead atoms. The summed E-state index contributed by atoms with van der Waals surface area (Å²) in [4.78, 5) is 8.77. The SMILES string of the molecule is Cc1cc2c(cc1C)CN(CC1CCN(CCCc3c[nH]c4ccccc34)C1)C2. The van der Waals surface area contributed by atoms with Crippen LogP contribution >= 0.6 is 0 Å². The van der Waals surface area contributed by atoms with Crippen molar-refractivity contribution in [1.29, 1.82) is 0 Å². The van der Waals surface area contributed by atoms with Gasteiger partial charge in [-0.3, -0.25) is 4.90 Å². The van der Waals surface area contributed by atoms with Gasteiger partial charge in [-0.15, -0.1) is 0 Å². The molecule has 152 valence electrons. The summed E-state index contributed by atoms with van der Waals surface area (Å²) in [5.74, 6) is 0.833. The molecule has 2 aromatic carbocycles. The molecule has 0 radical (unpaired) electrons. The minimum absolute atomic E-state index is 0.833. The smallest absolute Gasteiger partial charge is 0.0456 e. The molecular weight excluding hydrogens is 354 g/mol. The quantitative estimate of drug-likeness (QED) is 0.639. The van der Waals surface area contributed by atoms with Gasteiger partial charge >= 0.3 is 0 Å². The van der Waals surface area contributed by atoms with Crippen molar-refractivity contribution < 1.29 is 0 Å². The van der Waals surface area contributed by atoms with Gasteiger partial charge in [-0.2, -0.15) is 0 Å². The van der Waals surface area contributed by atoms with Crippen LogP contribution in [0.4, 0.5) is 0 Å². The van der Waals surface area contributed by atoms with E-state index in [1.807, 2.05) is 0 Å². The standard InChI is InChI=1S/C26H33N3/c1-19-12-23-17-29(18-24(23)13-20(19)2)16-21-9-11-28(15-21)10-5-6-22-14-27-26-8-4-3-7-25(22)26/h3-4,7-8,12-14,21,27H,5-6,9-11,15-18H2,1-2H3. The Hall–Kier alpha value is -2.10. The maximum atomic E-state index is 3.41. The second-order valence-electron chi connectivity index (χ2n) is 9.29. The van der Waals surface area contributed by atoms with Crippen LogP contribution in [0.1, 0.15) is 40.7 Å². The van der Waals surface area contributed by atoms with E-state index < -0.39 is 0 Å². The maximum absolute atomic E-state index is 3.41. The van der Waals surface area contributed by atoms with E-state index in [1.165, 1.54) is 73.0 Å². The molecule has 3 heterocycles. The Morgan fingerprint density at radius 2 is 1.76 bits per heavy atom. The number of likely N-dealkylation sites (tertiary alicyclic amines) is 1. The maximum Gasteiger partial charge on any atom is 0.0456 e. The second-order valence-corrected chi connectivity index (χ2v) is 9.29. The molecule has 5 rings (SSSR count). The van der Waals surface area contributed by atoms with Gasteiger partial charge in [0.2, 0.25) is 0 Å². The molecule has 1 aromatic heterocycles. The number of aromatic amines is 1. The largest absolute Gasteiger partial charge is 0.361 e. The first-order valence-corrected chi connectivity index (χ1v) is 11.2. The highest BCUT2D eigenvalue weighted by atomic mass is 15.2. The Kier molecular flexibility index (Phi) is 5.19. The average Bonchev–Trinajstić information content (AvgIpc) is 3.42. The van der Waals surface area contributed by atoms with Crippen molar-refractivity contribution in [2.75, 3.05) is 26.2 Å². The van der Waals surface area contributed by atoms with Crippen LogP contribution < -0.4 is 0 Å². The lowest BCUT2D eigenvalue weighted by molar-refractivity contribution is 0.229. The minimum atomic E-state index is 0.833. The van der Waals surface area contributed by atoms with Crippen LogP contribution in [0.2, 0.25) is 0 Å². The van der Waals surface area contributed by atoms with E-state index in [0.29, 0.717) is 0 Å². The lowest BCUT2D eigenvalue weighted by Gasteiger charge is -2.20. The number of para-hydroxylation sites is 1. The van der Waals surface area contributed by atoms with E-state index in [2.05, 4.69) is 71.2 Å². The summed E-state index contributed by atoms with van der Waals surface area (Å²) in [6, 6.07) is 13.5. The van der Waals surface area contributed by atoms with Crippen molar-refractivity contribution in [3.63, 3.8) is 0 Å². The molecule has 1 saturated heterocycles. The number of hydrogen-bond acceptors (Lipinski definition) is 2. The van der Waals surface area contributed by atoms with Crippen LogP contribution in [0, 0.1) is 19.8 Å². The fourth-order valence-electron chi connectivity index (χ4n) is 5.36. The van der Waals surface area contributed by atoms with Crippen molar-refractivity contribution >= 4 is 10.9 Å². The number of rotatable bonds is 6.